The number of nitrogen functional groups attached to an aromatic ring is 1. The van der Waals surface area contributed by atoms with Crippen molar-refractivity contribution in [3.05, 3.63) is 22.7 Å². The maximum absolute atomic E-state index is 12.9. The maximum Gasteiger partial charge on any atom is 0.243 e. The summed E-state index contributed by atoms with van der Waals surface area (Å²) in [7, 11) is -3.71. The Kier molecular flexibility index (Phi) is 5.14. The number of aliphatic hydroxyl groups excluding tert-OH is 1. The van der Waals surface area contributed by atoms with Crippen molar-refractivity contribution in [3.63, 3.8) is 0 Å². The minimum atomic E-state index is -3.71. The van der Waals surface area contributed by atoms with Gasteiger partial charge in [0, 0.05) is 23.3 Å². The average molecular weight is 333 g/mol. The predicted molar refractivity (Wildman–Crippen MR) is 83.8 cm³/mol. The van der Waals surface area contributed by atoms with Crippen LogP contribution in [0.15, 0.2) is 17.0 Å². The van der Waals surface area contributed by atoms with Gasteiger partial charge in [0.15, 0.2) is 0 Å². The SMILES string of the molecule is Cc1c(N)cc(Cl)cc1S(=O)(=O)N(CCO)C1CCCC1. The molecule has 1 saturated carbocycles. The zero-order valence-electron chi connectivity index (χ0n) is 12.0. The van der Waals surface area contributed by atoms with Crippen LogP contribution in [-0.4, -0.2) is 37.0 Å². The van der Waals surface area contributed by atoms with Crippen molar-refractivity contribution >= 4 is 27.3 Å². The molecule has 1 fully saturated rings. The van der Waals surface area contributed by atoms with Crippen LogP contribution in [0.1, 0.15) is 31.2 Å². The summed E-state index contributed by atoms with van der Waals surface area (Å²) in [4.78, 5) is 0.132. The first-order valence-electron chi connectivity index (χ1n) is 7.06. The molecule has 118 valence electrons. The summed E-state index contributed by atoms with van der Waals surface area (Å²) >= 11 is 5.96. The second-order valence-corrected chi connectivity index (χ2v) is 7.69. The fourth-order valence-corrected chi connectivity index (χ4v) is 5.11. The first-order valence-corrected chi connectivity index (χ1v) is 8.88. The van der Waals surface area contributed by atoms with Gasteiger partial charge in [-0.1, -0.05) is 24.4 Å². The van der Waals surface area contributed by atoms with Gasteiger partial charge in [0.1, 0.15) is 0 Å². The number of aliphatic hydroxyl groups is 1. The Morgan fingerprint density at radius 1 is 1.38 bits per heavy atom. The number of halogens is 1. The lowest BCUT2D eigenvalue weighted by molar-refractivity contribution is 0.226. The molecule has 0 radical (unpaired) electrons. The number of nitrogens with two attached hydrogens (primary N) is 1. The molecule has 1 aliphatic rings. The van der Waals surface area contributed by atoms with Gasteiger partial charge < -0.3 is 10.8 Å². The highest BCUT2D eigenvalue weighted by molar-refractivity contribution is 7.89. The van der Waals surface area contributed by atoms with Gasteiger partial charge >= 0.3 is 0 Å². The molecule has 3 N–H and O–H groups in total. The second kappa shape index (κ2) is 6.52. The minimum Gasteiger partial charge on any atom is -0.398 e. The maximum atomic E-state index is 12.9. The van der Waals surface area contributed by atoms with Crippen LogP contribution in [0.4, 0.5) is 5.69 Å². The van der Waals surface area contributed by atoms with E-state index in [0.29, 0.717) is 16.3 Å². The fourth-order valence-electron chi connectivity index (χ4n) is 2.86. The molecule has 0 aliphatic heterocycles. The topological polar surface area (TPSA) is 83.6 Å². The van der Waals surface area contributed by atoms with E-state index in [1.54, 1.807) is 13.0 Å². The Balaban J connectivity index is 2.47. The zero-order valence-corrected chi connectivity index (χ0v) is 13.6. The highest BCUT2D eigenvalue weighted by Gasteiger charge is 2.34. The van der Waals surface area contributed by atoms with Gasteiger partial charge in [-0.15, -0.1) is 0 Å². The van der Waals surface area contributed by atoms with Gasteiger partial charge in [0.25, 0.3) is 0 Å². The van der Waals surface area contributed by atoms with Crippen molar-refractivity contribution in [1.29, 1.82) is 0 Å². The molecule has 5 nitrogen and oxygen atoms in total. The van der Waals surface area contributed by atoms with Crippen molar-refractivity contribution < 1.29 is 13.5 Å². The van der Waals surface area contributed by atoms with Gasteiger partial charge in [0.2, 0.25) is 10.0 Å². The van der Waals surface area contributed by atoms with Crippen LogP contribution in [0, 0.1) is 6.92 Å². The predicted octanol–water partition coefficient (Wildman–Crippen LogP) is 2.16. The van der Waals surface area contributed by atoms with E-state index in [9.17, 15) is 13.5 Å². The Bertz CT molecular complexity index is 613. The van der Waals surface area contributed by atoms with Crippen LogP contribution in [-0.2, 0) is 10.0 Å². The fraction of sp³-hybridized carbons (Fsp3) is 0.571. The summed E-state index contributed by atoms with van der Waals surface area (Å²) < 4.78 is 27.3. The highest BCUT2D eigenvalue weighted by atomic mass is 35.5. The number of benzene rings is 1. The first-order chi connectivity index (χ1) is 9.87. The number of nitrogens with zero attached hydrogens (tertiary/aromatic N) is 1. The number of hydrogen-bond donors (Lipinski definition) is 2. The lowest BCUT2D eigenvalue weighted by Crippen LogP contribution is -2.41. The zero-order chi connectivity index (χ0) is 15.6. The largest absolute Gasteiger partial charge is 0.398 e. The van der Waals surface area contributed by atoms with Crippen LogP contribution >= 0.6 is 11.6 Å². The van der Waals surface area contributed by atoms with Crippen molar-refractivity contribution in [2.45, 2.75) is 43.5 Å². The van der Waals surface area contributed by atoms with Gasteiger partial charge in [-0.3, -0.25) is 0 Å². The van der Waals surface area contributed by atoms with Gasteiger partial charge in [-0.05, 0) is 37.5 Å². The smallest absolute Gasteiger partial charge is 0.243 e. The van der Waals surface area contributed by atoms with Crippen molar-refractivity contribution in [2.75, 3.05) is 18.9 Å². The Hall–Kier alpha value is -0.820. The van der Waals surface area contributed by atoms with Crippen LogP contribution in [0.25, 0.3) is 0 Å². The van der Waals surface area contributed by atoms with E-state index >= 15 is 0 Å². The first kappa shape index (κ1) is 16.5. The summed E-state index contributed by atoms with van der Waals surface area (Å²) in [5, 5.41) is 9.53. The molecule has 0 atom stereocenters. The second-order valence-electron chi connectivity index (χ2n) is 5.40. The molecule has 1 aromatic rings. The summed E-state index contributed by atoms with van der Waals surface area (Å²) in [6.45, 7) is 1.56. The van der Waals surface area contributed by atoms with E-state index in [1.165, 1.54) is 10.4 Å². The average Bonchev–Trinajstić information content (AvgIpc) is 2.93. The third-order valence-corrected chi connectivity index (χ3v) is 6.30. The summed E-state index contributed by atoms with van der Waals surface area (Å²) in [6.07, 6.45) is 3.68. The lowest BCUT2D eigenvalue weighted by Gasteiger charge is -2.28. The van der Waals surface area contributed by atoms with E-state index in [4.69, 9.17) is 17.3 Å². The van der Waals surface area contributed by atoms with E-state index < -0.39 is 10.0 Å². The molecular weight excluding hydrogens is 312 g/mol. The number of sulfonamides is 1. The minimum absolute atomic E-state index is 0.0539. The summed E-state index contributed by atoms with van der Waals surface area (Å²) in [5.74, 6) is 0. The molecule has 1 aromatic carbocycles. The third kappa shape index (κ3) is 3.34. The summed E-state index contributed by atoms with van der Waals surface area (Å²) in [5.41, 5.74) is 6.69. The molecule has 21 heavy (non-hydrogen) atoms. The molecule has 0 heterocycles. The molecular formula is C14H21ClN2O3S. The Labute approximate surface area is 130 Å². The van der Waals surface area contributed by atoms with Gasteiger partial charge in [0.05, 0.1) is 11.5 Å². The van der Waals surface area contributed by atoms with Crippen LogP contribution in [0.3, 0.4) is 0 Å². The van der Waals surface area contributed by atoms with Crippen molar-refractivity contribution in [1.82, 2.24) is 4.31 Å². The van der Waals surface area contributed by atoms with E-state index in [2.05, 4.69) is 0 Å². The Morgan fingerprint density at radius 3 is 2.57 bits per heavy atom. The standard InChI is InChI=1S/C14H21ClN2O3S/c1-10-13(16)8-11(15)9-14(10)21(19,20)17(6-7-18)12-4-2-3-5-12/h8-9,12,18H,2-7,16H2,1H3. The monoisotopic (exact) mass is 332 g/mol. The number of rotatable bonds is 5. The Morgan fingerprint density at radius 2 is 2.00 bits per heavy atom. The lowest BCUT2D eigenvalue weighted by atomic mass is 10.2. The van der Waals surface area contributed by atoms with Gasteiger partial charge in [-0.25, -0.2) is 8.42 Å². The molecule has 0 saturated heterocycles. The van der Waals surface area contributed by atoms with Crippen LogP contribution in [0.2, 0.25) is 5.02 Å². The van der Waals surface area contributed by atoms with Crippen molar-refractivity contribution in [2.24, 2.45) is 0 Å². The molecule has 7 heteroatoms. The highest BCUT2D eigenvalue weighted by Crippen LogP contribution is 2.32. The molecule has 0 spiro atoms. The molecule has 0 unspecified atom stereocenters. The van der Waals surface area contributed by atoms with E-state index in [0.717, 1.165) is 25.7 Å². The van der Waals surface area contributed by atoms with Crippen molar-refractivity contribution in [3.8, 4) is 0 Å². The number of hydrogen-bond acceptors (Lipinski definition) is 4. The number of anilines is 1. The van der Waals surface area contributed by atoms with Gasteiger partial charge in [-0.2, -0.15) is 4.31 Å². The molecule has 1 aliphatic carbocycles. The van der Waals surface area contributed by atoms with Crippen LogP contribution < -0.4 is 5.73 Å². The summed E-state index contributed by atoms with van der Waals surface area (Å²) in [6, 6.07) is 2.92. The van der Waals surface area contributed by atoms with E-state index in [-0.39, 0.29) is 24.1 Å². The molecule has 2 rings (SSSR count). The van der Waals surface area contributed by atoms with Crippen LogP contribution in [0.5, 0.6) is 0 Å². The third-order valence-electron chi connectivity index (χ3n) is 4.00. The van der Waals surface area contributed by atoms with E-state index in [1.807, 2.05) is 0 Å². The molecule has 0 bridgehead atoms. The normalized spacial score (nSPS) is 16.8. The molecule has 0 aromatic heterocycles. The quantitative estimate of drug-likeness (QED) is 0.809. The molecule has 0 amide bonds.